The largest absolute Gasteiger partial charge is 0.370 e. The Morgan fingerprint density at radius 2 is 2.17 bits per heavy atom. The quantitative estimate of drug-likeness (QED) is 0.848. The van der Waals surface area contributed by atoms with E-state index in [0.717, 1.165) is 11.3 Å². The van der Waals surface area contributed by atoms with Crippen LogP contribution in [0, 0.1) is 6.92 Å². The van der Waals surface area contributed by atoms with Crippen molar-refractivity contribution in [3.8, 4) is 0 Å². The van der Waals surface area contributed by atoms with Gasteiger partial charge in [0.25, 0.3) is 5.91 Å². The van der Waals surface area contributed by atoms with Crippen LogP contribution in [0.2, 0.25) is 5.02 Å². The first-order chi connectivity index (χ1) is 11.0. The number of carbonyl (C=O) groups is 1. The number of hydrogen-bond acceptors (Lipinski definition) is 4. The van der Waals surface area contributed by atoms with E-state index < -0.39 is 0 Å². The van der Waals surface area contributed by atoms with Crippen LogP contribution in [0.1, 0.15) is 34.8 Å². The highest BCUT2D eigenvalue weighted by atomic mass is 35.5. The van der Waals surface area contributed by atoms with E-state index in [-0.39, 0.29) is 18.1 Å². The summed E-state index contributed by atoms with van der Waals surface area (Å²) >= 11 is 6.05. The predicted octanol–water partition coefficient (Wildman–Crippen LogP) is 3.04. The van der Waals surface area contributed by atoms with Gasteiger partial charge in [0.1, 0.15) is 11.8 Å². The minimum Gasteiger partial charge on any atom is -0.370 e. The Hall–Kier alpha value is -1.98. The van der Waals surface area contributed by atoms with Gasteiger partial charge < -0.3 is 9.64 Å². The third kappa shape index (κ3) is 3.51. The van der Waals surface area contributed by atoms with Crippen LogP contribution in [0.25, 0.3) is 0 Å². The highest BCUT2D eigenvalue weighted by molar-refractivity contribution is 6.30. The number of aryl methyl sites for hydroxylation is 1. The van der Waals surface area contributed by atoms with Crippen molar-refractivity contribution in [1.29, 1.82) is 0 Å². The maximum atomic E-state index is 12.7. The number of ether oxygens (including phenoxy) is 1. The van der Waals surface area contributed by atoms with Crippen LogP contribution < -0.4 is 0 Å². The number of carbonyl (C=O) groups excluding carboxylic acids is 1. The Morgan fingerprint density at radius 3 is 2.87 bits per heavy atom. The number of benzene rings is 1. The van der Waals surface area contributed by atoms with Crippen molar-refractivity contribution in [2.24, 2.45) is 0 Å². The Balaban J connectivity index is 1.80. The van der Waals surface area contributed by atoms with E-state index in [9.17, 15) is 4.79 Å². The van der Waals surface area contributed by atoms with E-state index in [1.165, 1.54) is 6.20 Å². The third-order valence-electron chi connectivity index (χ3n) is 3.91. The smallest absolute Gasteiger partial charge is 0.274 e. The molecule has 23 heavy (non-hydrogen) atoms. The molecule has 1 aliphatic heterocycles. The van der Waals surface area contributed by atoms with Gasteiger partial charge >= 0.3 is 0 Å². The second-order valence-electron chi connectivity index (χ2n) is 5.73. The van der Waals surface area contributed by atoms with Crippen molar-refractivity contribution in [3.63, 3.8) is 0 Å². The van der Waals surface area contributed by atoms with E-state index in [2.05, 4.69) is 9.97 Å². The summed E-state index contributed by atoms with van der Waals surface area (Å²) in [6, 6.07) is 7.52. The Morgan fingerprint density at radius 1 is 1.35 bits per heavy atom. The maximum absolute atomic E-state index is 12.7. The number of halogens is 1. The summed E-state index contributed by atoms with van der Waals surface area (Å²) in [5.74, 6) is -0.125. The molecule has 0 saturated carbocycles. The topological polar surface area (TPSA) is 55.3 Å². The summed E-state index contributed by atoms with van der Waals surface area (Å²) in [5.41, 5.74) is 2.11. The highest BCUT2D eigenvalue weighted by Gasteiger charge is 2.31. The van der Waals surface area contributed by atoms with Crippen molar-refractivity contribution in [3.05, 3.63) is 58.6 Å². The van der Waals surface area contributed by atoms with Gasteiger partial charge in [0.2, 0.25) is 0 Å². The minimum atomic E-state index is -0.188. The molecule has 1 aliphatic rings. The van der Waals surface area contributed by atoms with Gasteiger partial charge in [-0.15, -0.1) is 0 Å². The van der Waals surface area contributed by atoms with Crippen molar-refractivity contribution in [2.75, 3.05) is 13.2 Å². The highest BCUT2D eigenvalue weighted by Crippen LogP contribution is 2.27. The Labute approximate surface area is 140 Å². The average molecular weight is 332 g/mol. The molecule has 5 nitrogen and oxygen atoms in total. The standard InChI is InChI=1S/C17H18ClN3O2/c1-11-7-20-15(8-19-11)17(22)21-9-16(23-10-12(21)2)13-4-3-5-14(18)6-13/h3-8,12,16H,9-10H2,1-2H3/t12-,16-/m0/s1. The third-order valence-corrected chi connectivity index (χ3v) is 4.15. The van der Waals surface area contributed by atoms with Gasteiger partial charge in [0.05, 0.1) is 31.1 Å². The van der Waals surface area contributed by atoms with Crippen LogP contribution >= 0.6 is 11.6 Å². The lowest BCUT2D eigenvalue weighted by Gasteiger charge is -2.38. The molecule has 0 aliphatic carbocycles. The van der Waals surface area contributed by atoms with Gasteiger partial charge in [-0.05, 0) is 31.5 Å². The molecule has 0 unspecified atom stereocenters. The second kappa shape index (κ2) is 6.64. The molecule has 1 saturated heterocycles. The van der Waals surface area contributed by atoms with E-state index in [1.807, 2.05) is 38.1 Å². The Kier molecular flexibility index (Phi) is 4.59. The average Bonchev–Trinajstić information content (AvgIpc) is 2.55. The molecule has 1 aromatic carbocycles. The minimum absolute atomic E-state index is 0.0129. The molecule has 1 fully saturated rings. The lowest BCUT2D eigenvalue weighted by atomic mass is 10.1. The Bertz CT molecular complexity index is 705. The van der Waals surface area contributed by atoms with E-state index in [0.29, 0.717) is 23.9 Å². The van der Waals surface area contributed by atoms with Crippen LogP contribution in [0.4, 0.5) is 0 Å². The maximum Gasteiger partial charge on any atom is 0.274 e. The fraction of sp³-hybridized carbons (Fsp3) is 0.353. The SMILES string of the molecule is Cc1cnc(C(=O)N2C[C@@H](c3cccc(Cl)c3)OC[C@@H]2C)cn1. The summed E-state index contributed by atoms with van der Waals surface area (Å²) in [4.78, 5) is 22.8. The first-order valence-electron chi connectivity index (χ1n) is 7.51. The van der Waals surface area contributed by atoms with Crippen LogP contribution in [0.15, 0.2) is 36.7 Å². The molecule has 120 valence electrons. The molecule has 0 N–H and O–H groups in total. The normalized spacial score (nSPS) is 21.3. The van der Waals surface area contributed by atoms with Crippen molar-refractivity contribution in [1.82, 2.24) is 14.9 Å². The summed E-state index contributed by atoms with van der Waals surface area (Å²) in [7, 11) is 0. The zero-order valence-corrected chi connectivity index (χ0v) is 13.8. The van der Waals surface area contributed by atoms with E-state index in [4.69, 9.17) is 16.3 Å². The van der Waals surface area contributed by atoms with Crippen LogP contribution in [-0.4, -0.2) is 40.0 Å². The number of morpholine rings is 1. The van der Waals surface area contributed by atoms with Gasteiger partial charge in [-0.25, -0.2) is 4.98 Å². The molecule has 2 aromatic rings. The van der Waals surface area contributed by atoms with Crippen LogP contribution in [-0.2, 0) is 4.74 Å². The molecule has 0 spiro atoms. The molecular formula is C17H18ClN3O2. The molecule has 3 rings (SSSR count). The van der Waals surface area contributed by atoms with Gasteiger partial charge in [0, 0.05) is 11.2 Å². The van der Waals surface area contributed by atoms with Crippen LogP contribution in [0.5, 0.6) is 0 Å². The number of aromatic nitrogens is 2. The number of amides is 1. The molecule has 1 aromatic heterocycles. The van der Waals surface area contributed by atoms with Gasteiger partial charge in [-0.2, -0.15) is 0 Å². The monoisotopic (exact) mass is 331 g/mol. The van der Waals surface area contributed by atoms with Crippen LogP contribution in [0.3, 0.4) is 0 Å². The van der Waals surface area contributed by atoms with Gasteiger partial charge in [-0.3, -0.25) is 9.78 Å². The molecule has 1 amide bonds. The van der Waals surface area contributed by atoms with Gasteiger partial charge in [0.15, 0.2) is 0 Å². The molecule has 0 radical (unpaired) electrons. The molecule has 2 heterocycles. The molecular weight excluding hydrogens is 314 g/mol. The fourth-order valence-electron chi connectivity index (χ4n) is 2.60. The molecule has 2 atom stereocenters. The molecule has 0 bridgehead atoms. The summed E-state index contributed by atoms with van der Waals surface area (Å²) in [6.07, 6.45) is 2.94. The lowest BCUT2D eigenvalue weighted by molar-refractivity contribution is -0.0488. The first-order valence-corrected chi connectivity index (χ1v) is 7.89. The molecule has 6 heteroatoms. The number of hydrogen-bond donors (Lipinski definition) is 0. The zero-order chi connectivity index (χ0) is 16.4. The second-order valence-corrected chi connectivity index (χ2v) is 6.16. The number of rotatable bonds is 2. The predicted molar refractivity (Wildman–Crippen MR) is 87.4 cm³/mol. The summed E-state index contributed by atoms with van der Waals surface area (Å²) < 4.78 is 5.88. The van der Waals surface area contributed by atoms with Gasteiger partial charge in [-0.1, -0.05) is 23.7 Å². The zero-order valence-electron chi connectivity index (χ0n) is 13.1. The summed E-state index contributed by atoms with van der Waals surface area (Å²) in [5, 5.41) is 0.659. The van der Waals surface area contributed by atoms with Crippen molar-refractivity contribution in [2.45, 2.75) is 26.0 Å². The van der Waals surface area contributed by atoms with E-state index in [1.54, 1.807) is 11.1 Å². The lowest BCUT2D eigenvalue weighted by Crippen LogP contribution is -2.48. The van der Waals surface area contributed by atoms with Crippen molar-refractivity contribution >= 4 is 17.5 Å². The van der Waals surface area contributed by atoms with E-state index >= 15 is 0 Å². The first kappa shape index (κ1) is 15.9. The summed E-state index contributed by atoms with van der Waals surface area (Å²) in [6.45, 7) is 4.75. The number of nitrogens with zero attached hydrogens (tertiary/aromatic N) is 3. The fourth-order valence-corrected chi connectivity index (χ4v) is 2.80. The van der Waals surface area contributed by atoms with Crippen molar-refractivity contribution < 1.29 is 9.53 Å².